The maximum Gasteiger partial charge on any atom is 0.339 e. The van der Waals surface area contributed by atoms with Crippen molar-refractivity contribution < 1.29 is 28.7 Å². The molecule has 0 saturated heterocycles. The van der Waals surface area contributed by atoms with E-state index in [0.29, 0.717) is 5.56 Å². The van der Waals surface area contributed by atoms with Crippen LogP contribution in [0.2, 0.25) is 0 Å². The van der Waals surface area contributed by atoms with E-state index in [1.54, 1.807) is 62.4 Å². The molecule has 0 bridgehead atoms. The van der Waals surface area contributed by atoms with Crippen molar-refractivity contribution in [2.45, 2.75) is 19.9 Å². The summed E-state index contributed by atoms with van der Waals surface area (Å²) in [6.45, 7) is 3.09. The van der Waals surface area contributed by atoms with E-state index in [1.165, 1.54) is 6.07 Å². The first-order valence-corrected chi connectivity index (χ1v) is 9.76. The summed E-state index contributed by atoms with van der Waals surface area (Å²) >= 11 is 0. The number of nitrogens with one attached hydrogen (secondary N) is 2. The van der Waals surface area contributed by atoms with Gasteiger partial charge in [0.2, 0.25) is 0 Å². The quantitative estimate of drug-likeness (QED) is 0.524. The fourth-order valence-corrected chi connectivity index (χ4v) is 3.21. The van der Waals surface area contributed by atoms with Crippen LogP contribution in [0.15, 0.2) is 65.9 Å². The summed E-state index contributed by atoms with van der Waals surface area (Å²) in [6, 6.07) is 13.8. The maximum absolute atomic E-state index is 12.8. The Morgan fingerprint density at radius 3 is 2.23 bits per heavy atom. The SMILES string of the molecule is CCOC(=O)C1=C(COC(=O)c2ccccc2C(=O)c2ccccc2)NC(=O)NC1C. The number of hydrogen-bond donors (Lipinski definition) is 2. The molecule has 160 valence electrons. The van der Waals surface area contributed by atoms with Gasteiger partial charge in [0.25, 0.3) is 0 Å². The third kappa shape index (κ3) is 4.98. The van der Waals surface area contributed by atoms with E-state index < -0.39 is 24.0 Å². The summed E-state index contributed by atoms with van der Waals surface area (Å²) in [5.41, 5.74) is 1.02. The second-order valence-corrected chi connectivity index (χ2v) is 6.75. The molecule has 8 nitrogen and oxygen atoms in total. The Kier molecular flexibility index (Phi) is 6.81. The summed E-state index contributed by atoms with van der Waals surface area (Å²) < 4.78 is 10.4. The molecule has 3 rings (SSSR count). The van der Waals surface area contributed by atoms with Gasteiger partial charge in [-0.2, -0.15) is 0 Å². The van der Waals surface area contributed by atoms with Crippen molar-refractivity contribution in [3.8, 4) is 0 Å². The summed E-state index contributed by atoms with van der Waals surface area (Å²) in [6.07, 6.45) is 0. The van der Waals surface area contributed by atoms with Gasteiger partial charge in [0.15, 0.2) is 5.78 Å². The predicted molar refractivity (Wildman–Crippen MR) is 111 cm³/mol. The van der Waals surface area contributed by atoms with Gasteiger partial charge in [-0.15, -0.1) is 0 Å². The number of esters is 2. The first-order valence-electron chi connectivity index (χ1n) is 9.76. The predicted octanol–water partition coefficient (Wildman–Crippen LogP) is 2.59. The zero-order valence-electron chi connectivity index (χ0n) is 17.1. The van der Waals surface area contributed by atoms with Crippen LogP contribution in [0.3, 0.4) is 0 Å². The van der Waals surface area contributed by atoms with Gasteiger partial charge in [0, 0.05) is 11.1 Å². The third-order valence-corrected chi connectivity index (χ3v) is 4.64. The molecule has 1 aliphatic heterocycles. The van der Waals surface area contributed by atoms with Crippen LogP contribution in [-0.4, -0.2) is 43.0 Å². The van der Waals surface area contributed by atoms with Gasteiger partial charge in [-0.1, -0.05) is 48.5 Å². The van der Waals surface area contributed by atoms with Crippen LogP contribution in [0.5, 0.6) is 0 Å². The molecule has 0 radical (unpaired) electrons. The Labute approximate surface area is 179 Å². The van der Waals surface area contributed by atoms with Gasteiger partial charge in [0.05, 0.1) is 29.5 Å². The number of carbonyl (C=O) groups is 4. The Bertz CT molecular complexity index is 1050. The van der Waals surface area contributed by atoms with Crippen LogP contribution < -0.4 is 10.6 Å². The van der Waals surface area contributed by atoms with Gasteiger partial charge < -0.3 is 20.1 Å². The summed E-state index contributed by atoms with van der Waals surface area (Å²) in [5.74, 6) is -1.69. The lowest BCUT2D eigenvalue weighted by Crippen LogP contribution is -2.50. The minimum Gasteiger partial charge on any atom is -0.463 e. The molecule has 0 aromatic heterocycles. The van der Waals surface area contributed by atoms with Crippen LogP contribution in [0.25, 0.3) is 0 Å². The molecule has 1 heterocycles. The van der Waals surface area contributed by atoms with E-state index in [1.807, 2.05) is 0 Å². The molecule has 2 amide bonds. The zero-order chi connectivity index (χ0) is 22.4. The lowest BCUT2D eigenvalue weighted by atomic mass is 9.98. The highest BCUT2D eigenvalue weighted by Gasteiger charge is 2.30. The van der Waals surface area contributed by atoms with Crippen molar-refractivity contribution >= 4 is 23.8 Å². The van der Waals surface area contributed by atoms with E-state index in [9.17, 15) is 19.2 Å². The van der Waals surface area contributed by atoms with E-state index >= 15 is 0 Å². The molecule has 2 aromatic carbocycles. The van der Waals surface area contributed by atoms with Gasteiger partial charge >= 0.3 is 18.0 Å². The smallest absolute Gasteiger partial charge is 0.339 e. The van der Waals surface area contributed by atoms with Crippen molar-refractivity contribution in [1.82, 2.24) is 10.6 Å². The second kappa shape index (κ2) is 9.71. The summed E-state index contributed by atoms with van der Waals surface area (Å²) in [4.78, 5) is 49.7. The Balaban J connectivity index is 1.83. The second-order valence-electron chi connectivity index (χ2n) is 6.75. The molecule has 0 spiro atoms. The highest BCUT2D eigenvalue weighted by Crippen LogP contribution is 2.18. The van der Waals surface area contributed by atoms with Crippen LogP contribution in [-0.2, 0) is 14.3 Å². The Hall–Kier alpha value is -3.94. The normalized spacial score (nSPS) is 15.5. The molecule has 0 fully saturated rings. The highest BCUT2D eigenvalue weighted by molar-refractivity contribution is 6.14. The molecule has 31 heavy (non-hydrogen) atoms. The van der Waals surface area contributed by atoms with Crippen molar-refractivity contribution in [3.05, 3.63) is 82.6 Å². The number of ketones is 1. The number of carbonyl (C=O) groups excluding carboxylic acids is 4. The van der Waals surface area contributed by atoms with Crippen LogP contribution in [0.4, 0.5) is 4.79 Å². The molecule has 0 saturated carbocycles. The molecule has 2 N–H and O–H groups in total. The lowest BCUT2D eigenvalue weighted by molar-refractivity contribution is -0.139. The van der Waals surface area contributed by atoms with E-state index in [4.69, 9.17) is 9.47 Å². The van der Waals surface area contributed by atoms with Crippen LogP contribution >= 0.6 is 0 Å². The molecule has 2 aromatic rings. The maximum atomic E-state index is 12.8. The number of benzene rings is 2. The fourth-order valence-electron chi connectivity index (χ4n) is 3.21. The number of rotatable bonds is 7. The number of urea groups is 1. The van der Waals surface area contributed by atoms with Gasteiger partial charge in [-0.25, -0.2) is 14.4 Å². The Morgan fingerprint density at radius 2 is 1.55 bits per heavy atom. The topological polar surface area (TPSA) is 111 Å². The van der Waals surface area contributed by atoms with E-state index in [-0.39, 0.29) is 41.4 Å². The highest BCUT2D eigenvalue weighted by atomic mass is 16.5. The number of amides is 2. The Morgan fingerprint density at radius 1 is 0.903 bits per heavy atom. The summed E-state index contributed by atoms with van der Waals surface area (Å²) in [7, 11) is 0. The van der Waals surface area contributed by atoms with Crippen molar-refractivity contribution in [2.75, 3.05) is 13.2 Å². The lowest BCUT2D eigenvalue weighted by Gasteiger charge is -2.26. The number of ether oxygens (including phenoxy) is 2. The molecule has 1 unspecified atom stereocenters. The van der Waals surface area contributed by atoms with Crippen molar-refractivity contribution in [3.63, 3.8) is 0 Å². The molecule has 0 aliphatic carbocycles. The third-order valence-electron chi connectivity index (χ3n) is 4.64. The average Bonchev–Trinajstić information content (AvgIpc) is 2.77. The summed E-state index contributed by atoms with van der Waals surface area (Å²) in [5, 5.41) is 5.06. The number of hydrogen-bond acceptors (Lipinski definition) is 6. The largest absolute Gasteiger partial charge is 0.463 e. The fraction of sp³-hybridized carbons (Fsp3) is 0.217. The van der Waals surface area contributed by atoms with Crippen LogP contribution in [0.1, 0.15) is 40.1 Å². The molecular formula is C23H22N2O6. The molecule has 1 atom stereocenters. The average molecular weight is 422 g/mol. The van der Waals surface area contributed by atoms with E-state index in [2.05, 4.69) is 10.6 Å². The van der Waals surface area contributed by atoms with Gasteiger partial charge in [0.1, 0.15) is 6.61 Å². The van der Waals surface area contributed by atoms with Crippen molar-refractivity contribution in [2.24, 2.45) is 0 Å². The molecule has 8 heteroatoms. The minimum absolute atomic E-state index is 0.0861. The first-order chi connectivity index (χ1) is 14.9. The standard InChI is InChI=1S/C23H22N2O6/c1-3-30-22(28)19-14(2)24-23(29)25-18(19)13-31-21(27)17-12-8-7-11-16(17)20(26)15-9-5-4-6-10-15/h4-12,14H,3,13H2,1-2H3,(H2,24,25,29). The zero-order valence-corrected chi connectivity index (χ0v) is 17.1. The van der Waals surface area contributed by atoms with Crippen LogP contribution in [0, 0.1) is 0 Å². The first kappa shape index (κ1) is 21.8. The van der Waals surface area contributed by atoms with E-state index in [0.717, 1.165) is 0 Å². The van der Waals surface area contributed by atoms with Gasteiger partial charge in [-0.3, -0.25) is 4.79 Å². The minimum atomic E-state index is -0.754. The van der Waals surface area contributed by atoms with Gasteiger partial charge in [-0.05, 0) is 19.9 Å². The molecule has 1 aliphatic rings. The molecular weight excluding hydrogens is 400 g/mol. The van der Waals surface area contributed by atoms with Crippen molar-refractivity contribution in [1.29, 1.82) is 0 Å². The monoisotopic (exact) mass is 422 g/mol.